The first-order valence-electron chi connectivity index (χ1n) is 8.13. The predicted molar refractivity (Wildman–Crippen MR) is 93.0 cm³/mol. The third kappa shape index (κ3) is 2.52. The summed E-state index contributed by atoms with van der Waals surface area (Å²) in [5.41, 5.74) is 4.14. The third-order valence-corrected chi connectivity index (χ3v) is 4.39. The van der Waals surface area contributed by atoms with E-state index in [1.165, 1.54) is 18.5 Å². The molecule has 0 spiro atoms. The molecule has 3 aromatic rings. The number of nitriles is 1. The Bertz CT molecular complexity index is 868. The molecule has 4 rings (SSSR count). The Labute approximate surface area is 140 Å². The zero-order valence-corrected chi connectivity index (χ0v) is 13.3. The minimum Gasteiger partial charge on any atom is -0.372 e. The van der Waals surface area contributed by atoms with Crippen LogP contribution in [0.1, 0.15) is 18.5 Å². The molecule has 1 aromatic heterocycles. The Morgan fingerprint density at radius 3 is 2.21 bits per heavy atom. The molecule has 0 amide bonds. The molecule has 1 fully saturated rings. The predicted octanol–water partition coefficient (Wildman–Crippen LogP) is 3.41. The van der Waals surface area contributed by atoms with E-state index in [1.54, 1.807) is 4.68 Å². The zero-order valence-electron chi connectivity index (χ0n) is 13.3. The molecule has 0 bridgehead atoms. The SMILES string of the molecule is N#Cc1nnn(-c2ccc(N3CCCC3)cc2)c1-c1ccccc1. The number of nitrogens with zero attached hydrogens (tertiary/aromatic N) is 5. The van der Waals surface area contributed by atoms with Crippen molar-refractivity contribution in [2.45, 2.75) is 12.8 Å². The minimum absolute atomic E-state index is 0.338. The van der Waals surface area contributed by atoms with Crippen molar-refractivity contribution in [2.24, 2.45) is 0 Å². The van der Waals surface area contributed by atoms with Gasteiger partial charge in [-0.25, -0.2) is 4.68 Å². The van der Waals surface area contributed by atoms with Gasteiger partial charge in [0.25, 0.3) is 0 Å². The van der Waals surface area contributed by atoms with Crippen LogP contribution in [0, 0.1) is 11.3 Å². The number of hydrogen-bond acceptors (Lipinski definition) is 4. The van der Waals surface area contributed by atoms with E-state index in [1.807, 2.05) is 42.5 Å². The normalized spacial score (nSPS) is 13.9. The second-order valence-electron chi connectivity index (χ2n) is 5.89. The molecular formula is C19H17N5. The van der Waals surface area contributed by atoms with Gasteiger partial charge in [0.2, 0.25) is 0 Å². The molecule has 2 aromatic carbocycles. The highest BCUT2D eigenvalue weighted by molar-refractivity contribution is 5.67. The molecule has 24 heavy (non-hydrogen) atoms. The molecule has 118 valence electrons. The molecule has 5 heteroatoms. The van der Waals surface area contributed by atoms with Gasteiger partial charge in [0, 0.05) is 24.3 Å². The standard InChI is InChI=1S/C19H17N5/c20-14-18-19(15-6-2-1-3-7-15)24(22-21-18)17-10-8-16(9-11-17)23-12-4-5-13-23/h1-3,6-11H,4-5,12-13H2. The largest absolute Gasteiger partial charge is 0.372 e. The Morgan fingerprint density at radius 1 is 0.875 bits per heavy atom. The van der Waals surface area contributed by atoms with E-state index in [-0.39, 0.29) is 0 Å². The number of anilines is 1. The Kier molecular flexibility index (Phi) is 3.72. The number of hydrogen-bond donors (Lipinski definition) is 0. The average molecular weight is 315 g/mol. The van der Waals surface area contributed by atoms with Crippen LogP contribution in [-0.2, 0) is 0 Å². The monoisotopic (exact) mass is 315 g/mol. The fourth-order valence-electron chi connectivity index (χ4n) is 3.17. The van der Waals surface area contributed by atoms with Crippen LogP contribution in [0.5, 0.6) is 0 Å². The fraction of sp³-hybridized carbons (Fsp3) is 0.211. The summed E-state index contributed by atoms with van der Waals surface area (Å²) in [7, 11) is 0. The van der Waals surface area contributed by atoms with Crippen molar-refractivity contribution in [1.29, 1.82) is 5.26 Å². The van der Waals surface area contributed by atoms with Crippen molar-refractivity contribution in [2.75, 3.05) is 18.0 Å². The van der Waals surface area contributed by atoms with Crippen LogP contribution < -0.4 is 4.90 Å². The molecule has 0 saturated carbocycles. The van der Waals surface area contributed by atoms with Crippen LogP contribution in [0.15, 0.2) is 54.6 Å². The molecule has 0 unspecified atom stereocenters. The van der Waals surface area contributed by atoms with Crippen LogP contribution in [0.4, 0.5) is 5.69 Å². The lowest BCUT2D eigenvalue weighted by atomic mass is 10.1. The Balaban J connectivity index is 1.74. The van der Waals surface area contributed by atoms with Crippen molar-refractivity contribution in [3.05, 3.63) is 60.3 Å². The molecular weight excluding hydrogens is 298 g/mol. The molecule has 1 aliphatic rings. The van der Waals surface area contributed by atoms with Crippen molar-refractivity contribution in [3.63, 3.8) is 0 Å². The van der Waals surface area contributed by atoms with Gasteiger partial charge in [-0.05, 0) is 37.1 Å². The van der Waals surface area contributed by atoms with Crippen LogP contribution in [0.25, 0.3) is 16.9 Å². The van der Waals surface area contributed by atoms with Gasteiger partial charge in [0.15, 0.2) is 5.69 Å². The molecule has 5 nitrogen and oxygen atoms in total. The van der Waals surface area contributed by atoms with Crippen LogP contribution in [0.2, 0.25) is 0 Å². The number of rotatable bonds is 3. The smallest absolute Gasteiger partial charge is 0.191 e. The first-order valence-corrected chi connectivity index (χ1v) is 8.13. The summed E-state index contributed by atoms with van der Waals surface area (Å²) in [6.45, 7) is 2.24. The van der Waals surface area contributed by atoms with E-state index in [0.717, 1.165) is 30.0 Å². The van der Waals surface area contributed by atoms with E-state index >= 15 is 0 Å². The summed E-state index contributed by atoms with van der Waals surface area (Å²) in [4.78, 5) is 2.39. The first kappa shape index (κ1) is 14.5. The van der Waals surface area contributed by atoms with E-state index in [2.05, 4.69) is 33.4 Å². The average Bonchev–Trinajstić information content (AvgIpc) is 3.32. The minimum atomic E-state index is 0.338. The summed E-state index contributed by atoms with van der Waals surface area (Å²) in [5.74, 6) is 0. The molecule has 0 radical (unpaired) electrons. The van der Waals surface area contributed by atoms with Crippen molar-refractivity contribution >= 4 is 5.69 Å². The van der Waals surface area contributed by atoms with E-state index < -0.39 is 0 Å². The van der Waals surface area contributed by atoms with Gasteiger partial charge >= 0.3 is 0 Å². The fourth-order valence-corrected chi connectivity index (χ4v) is 3.17. The first-order chi connectivity index (χ1) is 11.9. The van der Waals surface area contributed by atoms with Gasteiger partial charge in [-0.1, -0.05) is 35.5 Å². The van der Waals surface area contributed by atoms with Crippen LogP contribution >= 0.6 is 0 Å². The van der Waals surface area contributed by atoms with Gasteiger partial charge in [-0.15, -0.1) is 5.10 Å². The van der Waals surface area contributed by atoms with Crippen molar-refractivity contribution in [1.82, 2.24) is 15.0 Å². The van der Waals surface area contributed by atoms with E-state index in [4.69, 9.17) is 0 Å². The quantitative estimate of drug-likeness (QED) is 0.743. The summed E-state index contributed by atoms with van der Waals surface area (Å²) in [5, 5.41) is 17.6. The lowest BCUT2D eigenvalue weighted by molar-refractivity contribution is 0.806. The topological polar surface area (TPSA) is 57.7 Å². The molecule has 0 atom stereocenters. The van der Waals surface area contributed by atoms with Gasteiger partial charge < -0.3 is 4.90 Å². The van der Waals surface area contributed by atoms with Gasteiger partial charge in [-0.2, -0.15) is 5.26 Å². The second kappa shape index (κ2) is 6.17. The Hall–Kier alpha value is -3.13. The number of benzene rings is 2. The summed E-state index contributed by atoms with van der Waals surface area (Å²) < 4.78 is 1.74. The molecule has 0 aliphatic carbocycles. The van der Waals surface area contributed by atoms with E-state index in [9.17, 15) is 5.26 Å². The van der Waals surface area contributed by atoms with Gasteiger partial charge in [0.1, 0.15) is 11.8 Å². The molecule has 1 aliphatic heterocycles. The highest BCUT2D eigenvalue weighted by atomic mass is 15.4. The third-order valence-electron chi connectivity index (χ3n) is 4.39. The summed E-state index contributed by atoms with van der Waals surface area (Å²) in [6, 6.07) is 20.2. The van der Waals surface area contributed by atoms with Gasteiger partial charge in [-0.3, -0.25) is 0 Å². The van der Waals surface area contributed by atoms with Crippen molar-refractivity contribution in [3.8, 4) is 23.0 Å². The lowest BCUT2D eigenvalue weighted by Crippen LogP contribution is -2.17. The second-order valence-corrected chi connectivity index (χ2v) is 5.89. The highest BCUT2D eigenvalue weighted by Gasteiger charge is 2.17. The maximum Gasteiger partial charge on any atom is 0.191 e. The maximum absolute atomic E-state index is 9.36. The highest BCUT2D eigenvalue weighted by Crippen LogP contribution is 2.26. The van der Waals surface area contributed by atoms with E-state index in [0.29, 0.717) is 5.69 Å². The van der Waals surface area contributed by atoms with Crippen LogP contribution in [-0.4, -0.2) is 28.1 Å². The molecule has 1 saturated heterocycles. The number of aromatic nitrogens is 3. The summed E-state index contributed by atoms with van der Waals surface area (Å²) in [6.07, 6.45) is 2.52. The Morgan fingerprint density at radius 2 is 1.54 bits per heavy atom. The zero-order chi connectivity index (χ0) is 16.4. The molecule has 0 N–H and O–H groups in total. The summed E-state index contributed by atoms with van der Waals surface area (Å²) >= 11 is 0. The van der Waals surface area contributed by atoms with Gasteiger partial charge in [0.05, 0.1) is 5.69 Å². The maximum atomic E-state index is 9.36. The lowest BCUT2D eigenvalue weighted by Gasteiger charge is -2.17. The molecule has 2 heterocycles. The van der Waals surface area contributed by atoms with Crippen molar-refractivity contribution < 1.29 is 0 Å². The van der Waals surface area contributed by atoms with Crippen LogP contribution in [0.3, 0.4) is 0 Å².